The smallest absolute Gasteiger partial charge is 0.252 e. The van der Waals surface area contributed by atoms with Crippen LogP contribution in [0.3, 0.4) is 0 Å². The number of imide groups is 1. The Balaban J connectivity index is 2.17. The zero-order valence-electron chi connectivity index (χ0n) is 11.5. The number of rotatable bonds is 5. The minimum Gasteiger partial charge on any atom is -0.495 e. The molecule has 1 atom stereocenters. The van der Waals surface area contributed by atoms with E-state index in [4.69, 9.17) is 16.3 Å². The van der Waals surface area contributed by atoms with E-state index in [-0.39, 0.29) is 18.2 Å². The minimum absolute atomic E-state index is 0.143. The summed E-state index contributed by atoms with van der Waals surface area (Å²) in [5.41, 5.74) is 0.615. The standard InChI is InChI=1S/C14H17ClN2O3/c1-3-6-17-13(18)8-11(14(17)19)16-10-7-9(15)4-5-12(10)20-2/h4-5,7,11,16H,3,6,8H2,1-2H3. The third kappa shape index (κ3) is 2.88. The van der Waals surface area contributed by atoms with E-state index in [0.717, 1.165) is 6.42 Å². The molecule has 0 aliphatic carbocycles. The maximum atomic E-state index is 12.2. The molecular weight excluding hydrogens is 280 g/mol. The maximum absolute atomic E-state index is 12.2. The molecule has 20 heavy (non-hydrogen) atoms. The summed E-state index contributed by atoms with van der Waals surface area (Å²) in [5, 5.41) is 3.59. The van der Waals surface area contributed by atoms with Crippen LogP contribution < -0.4 is 10.1 Å². The summed E-state index contributed by atoms with van der Waals surface area (Å²) in [6, 6.07) is 4.55. The van der Waals surface area contributed by atoms with Crippen LogP contribution in [0.4, 0.5) is 5.69 Å². The van der Waals surface area contributed by atoms with Crippen molar-refractivity contribution in [2.24, 2.45) is 0 Å². The Labute approximate surface area is 122 Å². The summed E-state index contributed by atoms with van der Waals surface area (Å²) in [5.74, 6) is 0.248. The molecule has 5 nitrogen and oxygen atoms in total. The number of likely N-dealkylation sites (tertiary alicyclic amines) is 1. The monoisotopic (exact) mass is 296 g/mol. The van der Waals surface area contributed by atoms with Gasteiger partial charge < -0.3 is 10.1 Å². The van der Waals surface area contributed by atoms with Crippen LogP contribution in [0.25, 0.3) is 0 Å². The molecule has 0 bridgehead atoms. The normalized spacial score (nSPS) is 18.6. The number of benzene rings is 1. The zero-order chi connectivity index (χ0) is 14.7. The molecule has 1 aromatic carbocycles. The highest BCUT2D eigenvalue weighted by atomic mass is 35.5. The SMILES string of the molecule is CCCN1C(=O)CC(Nc2cc(Cl)ccc2OC)C1=O. The number of halogens is 1. The Morgan fingerprint density at radius 2 is 2.20 bits per heavy atom. The molecule has 0 aromatic heterocycles. The van der Waals surface area contributed by atoms with Gasteiger partial charge in [-0.15, -0.1) is 0 Å². The van der Waals surface area contributed by atoms with Crippen molar-refractivity contribution in [3.63, 3.8) is 0 Å². The van der Waals surface area contributed by atoms with Crippen molar-refractivity contribution >= 4 is 29.1 Å². The van der Waals surface area contributed by atoms with Crippen molar-refractivity contribution in [3.05, 3.63) is 23.2 Å². The van der Waals surface area contributed by atoms with Gasteiger partial charge in [-0.1, -0.05) is 18.5 Å². The highest BCUT2D eigenvalue weighted by Crippen LogP contribution is 2.30. The number of anilines is 1. The number of carbonyl (C=O) groups excluding carboxylic acids is 2. The fourth-order valence-electron chi connectivity index (χ4n) is 2.24. The molecule has 2 rings (SSSR count). The Morgan fingerprint density at radius 1 is 1.45 bits per heavy atom. The van der Waals surface area contributed by atoms with Gasteiger partial charge in [0.1, 0.15) is 11.8 Å². The van der Waals surface area contributed by atoms with Crippen LogP contribution in [-0.2, 0) is 9.59 Å². The third-order valence-electron chi connectivity index (χ3n) is 3.18. The summed E-state index contributed by atoms with van der Waals surface area (Å²) in [6.07, 6.45) is 0.916. The Morgan fingerprint density at radius 3 is 2.85 bits per heavy atom. The van der Waals surface area contributed by atoms with Gasteiger partial charge in [-0.05, 0) is 24.6 Å². The summed E-state index contributed by atoms with van der Waals surface area (Å²) in [6.45, 7) is 2.39. The summed E-state index contributed by atoms with van der Waals surface area (Å²) >= 11 is 5.94. The van der Waals surface area contributed by atoms with Gasteiger partial charge in [-0.2, -0.15) is 0 Å². The number of nitrogens with zero attached hydrogens (tertiary/aromatic N) is 1. The molecule has 6 heteroatoms. The van der Waals surface area contributed by atoms with E-state index in [1.54, 1.807) is 25.3 Å². The van der Waals surface area contributed by atoms with Crippen molar-refractivity contribution in [2.45, 2.75) is 25.8 Å². The Bertz CT molecular complexity index is 533. The molecule has 1 N–H and O–H groups in total. The van der Waals surface area contributed by atoms with Crippen molar-refractivity contribution in [2.75, 3.05) is 19.0 Å². The highest BCUT2D eigenvalue weighted by Gasteiger charge is 2.38. The lowest BCUT2D eigenvalue weighted by molar-refractivity contribution is -0.138. The van der Waals surface area contributed by atoms with Gasteiger partial charge in [0, 0.05) is 11.6 Å². The van der Waals surface area contributed by atoms with Crippen LogP contribution in [0.5, 0.6) is 5.75 Å². The second-order valence-corrected chi connectivity index (χ2v) is 5.07. The molecular formula is C14H17ClN2O3. The van der Waals surface area contributed by atoms with E-state index in [2.05, 4.69) is 5.32 Å². The summed E-state index contributed by atoms with van der Waals surface area (Å²) < 4.78 is 5.22. The molecule has 1 unspecified atom stereocenters. The van der Waals surface area contributed by atoms with E-state index in [0.29, 0.717) is 23.0 Å². The fraction of sp³-hybridized carbons (Fsp3) is 0.429. The lowest BCUT2D eigenvalue weighted by Gasteiger charge is -2.17. The summed E-state index contributed by atoms with van der Waals surface area (Å²) in [4.78, 5) is 25.3. The average Bonchev–Trinajstić information content (AvgIpc) is 2.67. The van der Waals surface area contributed by atoms with Gasteiger partial charge >= 0.3 is 0 Å². The topological polar surface area (TPSA) is 58.6 Å². The summed E-state index contributed by atoms with van der Waals surface area (Å²) in [7, 11) is 1.54. The molecule has 0 spiro atoms. The first-order valence-corrected chi connectivity index (χ1v) is 6.89. The largest absolute Gasteiger partial charge is 0.495 e. The molecule has 1 aliphatic heterocycles. The molecule has 2 amide bonds. The van der Waals surface area contributed by atoms with Crippen LogP contribution >= 0.6 is 11.6 Å². The zero-order valence-corrected chi connectivity index (χ0v) is 12.2. The highest BCUT2D eigenvalue weighted by molar-refractivity contribution is 6.31. The van der Waals surface area contributed by atoms with E-state index < -0.39 is 6.04 Å². The van der Waals surface area contributed by atoms with Gasteiger partial charge in [0.25, 0.3) is 5.91 Å². The van der Waals surface area contributed by atoms with Crippen molar-refractivity contribution in [3.8, 4) is 5.75 Å². The molecule has 1 aliphatic rings. The number of methoxy groups -OCH3 is 1. The molecule has 1 fully saturated rings. The molecule has 1 aromatic rings. The van der Waals surface area contributed by atoms with Crippen LogP contribution in [0.1, 0.15) is 19.8 Å². The van der Waals surface area contributed by atoms with Crippen LogP contribution in [0.2, 0.25) is 5.02 Å². The van der Waals surface area contributed by atoms with Crippen LogP contribution in [0.15, 0.2) is 18.2 Å². The van der Waals surface area contributed by atoms with Gasteiger partial charge in [0.05, 0.1) is 19.2 Å². The van der Waals surface area contributed by atoms with Crippen LogP contribution in [-0.4, -0.2) is 36.4 Å². The maximum Gasteiger partial charge on any atom is 0.252 e. The molecule has 0 radical (unpaired) electrons. The van der Waals surface area contributed by atoms with E-state index in [1.807, 2.05) is 6.92 Å². The Hall–Kier alpha value is -1.75. The second kappa shape index (κ2) is 6.13. The number of hydrogen-bond donors (Lipinski definition) is 1. The minimum atomic E-state index is -0.554. The molecule has 108 valence electrons. The lowest BCUT2D eigenvalue weighted by atomic mass is 10.2. The first-order chi connectivity index (χ1) is 9.56. The second-order valence-electron chi connectivity index (χ2n) is 4.63. The number of nitrogens with one attached hydrogen (secondary N) is 1. The van der Waals surface area contributed by atoms with E-state index in [9.17, 15) is 9.59 Å². The number of hydrogen-bond acceptors (Lipinski definition) is 4. The van der Waals surface area contributed by atoms with Crippen molar-refractivity contribution in [1.82, 2.24) is 4.90 Å². The van der Waals surface area contributed by atoms with Crippen molar-refractivity contribution < 1.29 is 14.3 Å². The van der Waals surface area contributed by atoms with Gasteiger partial charge in [-0.25, -0.2) is 0 Å². The molecule has 0 saturated carbocycles. The number of amides is 2. The Kier molecular flexibility index (Phi) is 4.49. The number of carbonyl (C=O) groups is 2. The quantitative estimate of drug-likeness (QED) is 0.847. The predicted molar refractivity (Wildman–Crippen MR) is 77.0 cm³/mol. The first kappa shape index (κ1) is 14.7. The average molecular weight is 297 g/mol. The molecule has 1 saturated heterocycles. The molecule has 1 heterocycles. The van der Waals surface area contributed by atoms with Crippen molar-refractivity contribution in [1.29, 1.82) is 0 Å². The lowest BCUT2D eigenvalue weighted by Crippen LogP contribution is -2.35. The number of ether oxygens (including phenoxy) is 1. The van der Waals surface area contributed by atoms with E-state index >= 15 is 0 Å². The first-order valence-electron chi connectivity index (χ1n) is 6.51. The van der Waals surface area contributed by atoms with E-state index in [1.165, 1.54) is 4.90 Å². The van der Waals surface area contributed by atoms with Gasteiger partial charge in [-0.3, -0.25) is 14.5 Å². The van der Waals surface area contributed by atoms with Gasteiger partial charge in [0.15, 0.2) is 0 Å². The van der Waals surface area contributed by atoms with Gasteiger partial charge in [0.2, 0.25) is 5.91 Å². The third-order valence-corrected chi connectivity index (χ3v) is 3.42. The fourth-order valence-corrected chi connectivity index (χ4v) is 2.41. The predicted octanol–water partition coefficient (Wildman–Crippen LogP) is 2.30. The van der Waals surface area contributed by atoms with Crippen LogP contribution in [0, 0.1) is 0 Å².